The summed E-state index contributed by atoms with van der Waals surface area (Å²) in [4.78, 5) is 0. The van der Waals surface area contributed by atoms with Crippen LogP contribution in [-0.4, -0.2) is 0 Å². The van der Waals surface area contributed by atoms with Gasteiger partial charge in [0, 0.05) is 0 Å². The molecule has 0 aliphatic carbocycles. The Morgan fingerprint density at radius 3 is 1.71 bits per heavy atom. The third-order valence-electron chi connectivity index (χ3n) is 1.62. The van der Waals surface area contributed by atoms with Crippen LogP contribution in [0, 0.1) is 0 Å². The van der Waals surface area contributed by atoms with Crippen LogP contribution < -0.4 is 0 Å². The second kappa shape index (κ2) is 12.0. The van der Waals surface area contributed by atoms with E-state index in [2.05, 4.69) is 37.8 Å². The van der Waals surface area contributed by atoms with Crippen molar-refractivity contribution >= 4 is 6.08 Å². The smallest absolute Gasteiger partial charge is 0.0262 e. The summed E-state index contributed by atoms with van der Waals surface area (Å²) in [6.45, 7) is 13.8. The minimum atomic E-state index is 1.11. The van der Waals surface area contributed by atoms with Gasteiger partial charge in [-0.3, -0.25) is 0 Å². The summed E-state index contributed by atoms with van der Waals surface area (Å²) in [5.74, 6) is 0. The van der Waals surface area contributed by atoms with Crippen molar-refractivity contribution < 1.29 is 0 Å². The summed E-state index contributed by atoms with van der Waals surface area (Å²) >= 11 is 0. The van der Waals surface area contributed by atoms with Crippen LogP contribution in [0.2, 0.25) is 0 Å². The number of hydrogen-bond acceptors (Lipinski definition) is 0. The molecule has 0 aromatic heterocycles. The second-order valence-corrected chi connectivity index (χ2v) is 2.30. The quantitative estimate of drug-likeness (QED) is 0.622. The third kappa shape index (κ3) is 6.47. The van der Waals surface area contributed by atoms with Crippen molar-refractivity contribution in [1.29, 1.82) is 0 Å². The molecule has 1 aromatic carbocycles. The Morgan fingerprint density at radius 2 is 1.43 bits per heavy atom. The fraction of sp³-hybridized carbons (Fsp3) is 0.429. The largest absolute Gasteiger partial charge is 0.0985 e. The maximum Gasteiger partial charge on any atom is -0.0262 e. The lowest BCUT2D eigenvalue weighted by molar-refractivity contribution is 1.14. The van der Waals surface area contributed by atoms with Crippen LogP contribution >= 0.6 is 0 Å². The van der Waals surface area contributed by atoms with Crippen LogP contribution in [0.5, 0.6) is 0 Å². The molecule has 0 amide bonds. The topological polar surface area (TPSA) is 0 Å². The highest BCUT2D eigenvalue weighted by Crippen LogP contribution is 2.05. The number of hydrogen-bond donors (Lipinski definition) is 0. The Kier molecular flexibility index (Phi) is 13.2. The monoisotopic (exact) mass is 192 g/mol. The van der Waals surface area contributed by atoms with Gasteiger partial charge < -0.3 is 0 Å². The fourth-order valence-corrected chi connectivity index (χ4v) is 0.889. The highest BCUT2D eigenvalue weighted by atomic mass is 13.9. The molecule has 0 N–H and O–H groups in total. The molecular weight excluding hydrogens is 168 g/mol. The average molecular weight is 192 g/mol. The Balaban J connectivity index is 0. The average Bonchev–Trinajstić information content (AvgIpc) is 2.34. The number of aryl methyl sites for hydroxylation is 1. The van der Waals surface area contributed by atoms with E-state index in [1.165, 1.54) is 11.1 Å². The van der Waals surface area contributed by atoms with E-state index < -0.39 is 0 Å². The van der Waals surface area contributed by atoms with Gasteiger partial charge in [-0.25, -0.2) is 0 Å². The first kappa shape index (κ1) is 15.4. The molecular formula is C14H24. The lowest BCUT2D eigenvalue weighted by Crippen LogP contribution is -1.78. The zero-order chi connectivity index (χ0) is 11.4. The van der Waals surface area contributed by atoms with Crippen LogP contribution in [-0.2, 0) is 6.42 Å². The van der Waals surface area contributed by atoms with Gasteiger partial charge in [-0.1, -0.05) is 71.5 Å². The lowest BCUT2D eigenvalue weighted by Gasteiger charge is -1.95. The molecule has 0 bridgehead atoms. The normalized spacial score (nSPS) is 7.50. The predicted octanol–water partition coefficient (Wildman–Crippen LogP) is 4.94. The van der Waals surface area contributed by atoms with Gasteiger partial charge in [-0.05, 0) is 17.5 Å². The number of benzene rings is 1. The molecule has 0 radical (unpaired) electrons. The molecule has 0 nitrogen and oxygen atoms in total. The summed E-state index contributed by atoms with van der Waals surface area (Å²) in [6, 6.07) is 8.45. The van der Waals surface area contributed by atoms with Crippen molar-refractivity contribution in [3.63, 3.8) is 0 Å². The fourth-order valence-electron chi connectivity index (χ4n) is 0.889. The maximum absolute atomic E-state index is 3.69. The summed E-state index contributed by atoms with van der Waals surface area (Å²) < 4.78 is 0. The molecule has 0 spiro atoms. The Morgan fingerprint density at radius 1 is 1.00 bits per heavy atom. The molecule has 0 unspecified atom stereocenters. The van der Waals surface area contributed by atoms with Crippen LogP contribution in [0.3, 0.4) is 0 Å². The Bertz CT molecular complexity index is 206. The van der Waals surface area contributed by atoms with E-state index in [0.29, 0.717) is 0 Å². The Hall–Kier alpha value is -1.04. The molecule has 0 aliphatic rings. The van der Waals surface area contributed by atoms with Gasteiger partial charge in [-0.2, -0.15) is 0 Å². The SMILES string of the molecule is C=Cc1ccc(CC)cc1.CC.CC. The van der Waals surface area contributed by atoms with Crippen LogP contribution in [0.4, 0.5) is 0 Å². The van der Waals surface area contributed by atoms with E-state index in [1.807, 2.05) is 33.8 Å². The van der Waals surface area contributed by atoms with E-state index >= 15 is 0 Å². The molecule has 0 heterocycles. The summed E-state index contributed by atoms with van der Waals surface area (Å²) in [5, 5.41) is 0. The molecule has 1 aromatic rings. The highest BCUT2D eigenvalue weighted by Gasteiger charge is 1.86. The first-order chi connectivity index (χ1) is 6.86. The minimum absolute atomic E-state index is 1.11. The van der Waals surface area contributed by atoms with E-state index in [-0.39, 0.29) is 0 Å². The van der Waals surface area contributed by atoms with Gasteiger partial charge in [0.2, 0.25) is 0 Å². The Labute approximate surface area is 89.7 Å². The van der Waals surface area contributed by atoms with Crippen molar-refractivity contribution in [2.75, 3.05) is 0 Å². The van der Waals surface area contributed by atoms with E-state index in [9.17, 15) is 0 Å². The molecule has 0 saturated heterocycles. The van der Waals surface area contributed by atoms with Gasteiger partial charge in [0.05, 0.1) is 0 Å². The summed E-state index contributed by atoms with van der Waals surface area (Å²) in [7, 11) is 0. The lowest BCUT2D eigenvalue weighted by atomic mass is 10.1. The van der Waals surface area contributed by atoms with Crippen LogP contribution in [0.1, 0.15) is 45.7 Å². The van der Waals surface area contributed by atoms with Gasteiger partial charge in [0.25, 0.3) is 0 Å². The van der Waals surface area contributed by atoms with Crippen molar-refractivity contribution in [1.82, 2.24) is 0 Å². The molecule has 1 rings (SSSR count). The first-order valence-corrected chi connectivity index (χ1v) is 5.58. The second-order valence-electron chi connectivity index (χ2n) is 2.30. The van der Waals surface area contributed by atoms with Crippen molar-refractivity contribution in [2.24, 2.45) is 0 Å². The molecule has 14 heavy (non-hydrogen) atoms. The molecule has 0 fully saturated rings. The predicted molar refractivity (Wildman–Crippen MR) is 68.6 cm³/mol. The maximum atomic E-state index is 3.69. The zero-order valence-electron chi connectivity index (χ0n) is 10.3. The molecule has 0 atom stereocenters. The van der Waals surface area contributed by atoms with Crippen LogP contribution in [0.15, 0.2) is 30.8 Å². The van der Waals surface area contributed by atoms with Crippen molar-refractivity contribution in [2.45, 2.75) is 41.0 Å². The first-order valence-electron chi connectivity index (χ1n) is 5.58. The van der Waals surface area contributed by atoms with Gasteiger partial charge in [0.15, 0.2) is 0 Å². The third-order valence-corrected chi connectivity index (χ3v) is 1.62. The summed E-state index contributed by atoms with van der Waals surface area (Å²) in [5.41, 5.74) is 2.57. The molecule has 80 valence electrons. The van der Waals surface area contributed by atoms with Crippen LogP contribution in [0.25, 0.3) is 6.08 Å². The van der Waals surface area contributed by atoms with E-state index in [1.54, 1.807) is 0 Å². The highest BCUT2D eigenvalue weighted by molar-refractivity contribution is 5.47. The standard InChI is InChI=1S/C10H12.2C2H6/c1-3-9-5-7-10(4-2)8-6-9;2*1-2/h3,5-8H,1,4H2,2H3;2*1-2H3. The van der Waals surface area contributed by atoms with E-state index in [4.69, 9.17) is 0 Å². The number of rotatable bonds is 2. The van der Waals surface area contributed by atoms with E-state index in [0.717, 1.165) is 6.42 Å². The van der Waals surface area contributed by atoms with Crippen molar-refractivity contribution in [3.05, 3.63) is 42.0 Å². The van der Waals surface area contributed by atoms with Gasteiger partial charge in [-0.15, -0.1) is 0 Å². The molecule has 0 heteroatoms. The van der Waals surface area contributed by atoms with Gasteiger partial charge in [0.1, 0.15) is 0 Å². The zero-order valence-corrected chi connectivity index (χ0v) is 10.3. The summed E-state index contributed by atoms with van der Waals surface area (Å²) in [6.07, 6.45) is 2.97. The minimum Gasteiger partial charge on any atom is -0.0985 e. The molecule has 0 aliphatic heterocycles. The molecule has 0 saturated carbocycles. The van der Waals surface area contributed by atoms with Crippen molar-refractivity contribution in [3.8, 4) is 0 Å². The van der Waals surface area contributed by atoms with Gasteiger partial charge >= 0.3 is 0 Å².